The van der Waals surface area contributed by atoms with Crippen molar-refractivity contribution >= 4 is 35.1 Å². The average Bonchev–Trinajstić information content (AvgIpc) is 3.20. The van der Waals surface area contributed by atoms with Crippen LogP contribution in [-0.2, 0) is 16.1 Å². The molecule has 0 spiro atoms. The number of rotatable bonds is 6. The van der Waals surface area contributed by atoms with E-state index >= 15 is 0 Å². The minimum Gasteiger partial charge on any atom is -0.488 e. The number of nitrogens with zero attached hydrogens (tertiary/aromatic N) is 3. The average molecular weight is 473 g/mol. The number of hydrogen-bond acceptors (Lipinski definition) is 6. The van der Waals surface area contributed by atoms with Crippen LogP contribution in [0.5, 0.6) is 5.75 Å². The number of carbonyl (C=O) groups excluding carboxylic acids is 1. The summed E-state index contributed by atoms with van der Waals surface area (Å²) in [4.78, 5) is 17.3. The molecule has 3 aromatic rings. The van der Waals surface area contributed by atoms with E-state index in [-0.39, 0.29) is 12.7 Å². The molecule has 7 nitrogen and oxygen atoms in total. The summed E-state index contributed by atoms with van der Waals surface area (Å²) in [5.74, 6) is 0.699. The maximum absolute atomic E-state index is 13.0. The van der Waals surface area contributed by atoms with Crippen LogP contribution in [0, 0.1) is 0 Å². The van der Waals surface area contributed by atoms with Gasteiger partial charge in [0.2, 0.25) is 5.95 Å². The Morgan fingerprint density at radius 1 is 1.22 bits per heavy atom. The molecule has 0 radical (unpaired) electrons. The molecule has 1 aromatic heterocycles. The number of esters is 1. The van der Waals surface area contributed by atoms with Crippen molar-refractivity contribution < 1.29 is 14.3 Å². The molecule has 0 bridgehead atoms. The van der Waals surface area contributed by atoms with Gasteiger partial charge in [0, 0.05) is 26.9 Å². The second-order valence-corrected chi connectivity index (χ2v) is 8.45. The zero-order valence-electron chi connectivity index (χ0n) is 17.8. The summed E-state index contributed by atoms with van der Waals surface area (Å²) in [6, 6.07) is 12.2. The fourth-order valence-corrected chi connectivity index (χ4v) is 4.02. The molecule has 0 saturated carbocycles. The summed E-state index contributed by atoms with van der Waals surface area (Å²) in [6.45, 7) is 5.68. The molecule has 1 unspecified atom stereocenters. The van der Waals surface area contributed by atoms with E-state index in [2.05, 4.69) is 15.4 Å². The molecule has 9 heteroatoms. The zero-order chi connectivity index (χ0) is 22.8. The Balaban J connectivity index is 1.73. The number of nitrogens with one attached hydrogen (secondary N) is 1. The Labute approximate surface area is 196 Å². The third-order valence-electron chi connectivity index (χ3n) is 4.97. The van der Waals surface area contributed by atoms with Gasteiger partial charge in [-0.25, -0.2) is 9.48 Å². The van der Waals surface area contributed by atoms with Crippen molar-refractivity contribution in [2.24, 2.45) is 0 Å². The molecule has 1 aliphatic rings. The Morgan fingerprint density at radius 2 is 2.00 bits per heavy atom. The van der Waals surface area contributed by atoms with E-state index < -0.39 is 12.0 Å². The number of carbonyl (C=O) groups is 1. The summed E-state index contributed by atoms with van der Waals surface area (Å²) in [5, 5.41) is 8.56. The van der Waals surface area contributed by atoms with E-state index in [0.29, 0.717) is 33.0 Å². The monoisotopic (exact) mass is 472 g/mol. The van der Waals surface area contributed by atoms with Crippen molar-refractivity contribution in [3.05, 3.63) is 81.2 Å². The fourth-order valence-electron chi connectivity index (χ4n) is 3.55. The lowest BCUT2D eigenvalue weighted by molar-refractivity contribution is -0.143. The van der Waals surface area contributed by atoms with Crippen molar-refractivity contribution in [1.29, 1.82) is 0 Å². The number of ether oxygens (including phenoxy) is 2. The molecule has 4 rings (SSSR count). The summed E-state index contributed by atoms with van der Waals surface area (Å²) in [7, 11) is 0. The Hall–Kier alpha value is -3.03. The van der Waals surface area contributed by atoms with E-state index in [1.54, 1.807) is 16.8 Å². The lowest BCUT2D eigenvalue weighted by atomic mass is 9.95. The topological polar surface area (TPSA) is 78.3 Å². The smallest absolute Gasteiger partial charge is 0.338 e. The highest BCUT2D eigenvalue weighted by atomic mass is 35.5. The minimum absolute atomic E-state index is 0.233. The minimum atomic E-state index is -0.572. The second kappa shape index (κ2) is 9.22. The van der Waals surface area contributed by atoms with Gasteiger partial charge in [0.05, 0.1) is 11.7 Å². The van der Waals surface area contributed by atoms with E-state index in [9.17, 15) is 4.79 Å². The van der Waals surface area contributed by atoms with Crippen LogP contribution >= 0.6 is 23.2 Å². The molecule has 2 heterocycles. The van der Waals surface area contributed by atoms with Crippen molar-refractivity contribution in [2.45, 2.75) is 39.5 Å². The first-order chi connectivity index (χ1) is 15.3. The number of aromatic nitrogens is 3. The van der Waals surface area contributed by atoms with Gasteiger partial charge in [0.1, 0.15) is 24.7 Å². The van der Waals surface area contributed by atoms with Crippen molar-refractivity contribution in [3.63, 3.8) is 0 Å². The molecule has 32 heavy (non-hydrogen) atoms. The SMILES string of the molecule is CC1=C(C(=O)OC(C)C)C(c2ccccc2OCc2ccc(Cl)cc2Cl)n2ncnc2N1. The number of benzene rings is 2. The summed E-state index contributed by atoms with van der Waals surface area (Å²) in [6.07, 6.45) is 1.18. The van der Waals surface area contributed by atoms with Crippen LogP contribution < -0.4 is 10.1 Å². The van der Waals surface area contributed by atoms with Crippen molar-refractivity contribution in [1.82, 2.24) is 14.8 Å². The van der Waals surface area contributed by atoms with Gasteiger partial charge in [-0.1, -0.05) is 47.5 Å². The molecule has 0 saturated heterocycles. The van der Waals surface area contributed by atoms with E-state index in [0.717, 1.165) is 11.1 Å². The first-order valence-corrected chi connectivity index (χ1v) is 10.8. The number of anilines is 1. The standard InChI is InChI=1S/C23H22Cl2N4O3/c1-13(2)32-22(30)20-14(3)28-23-26-12-27-29(23)21(20)17-6-4-5-7-19(17)31-11-15-8-9-16(24)10-18(15)25/h4-10,12-13,21H,11H2,1-3H3,(H,26,27,28). The van der Waals surface area contributed by atoms with Gasteiger partial charge >= 0.3 is 5.97 Å². The Morgan fingerprint density at radius 3 is 2.75 bits per heavy atom. The molecular formula is C23H22Cl2N4O3. The predicted molar refractivity (Wildman–Crippen MR) is 123 cm³/mol. The third kappa shape index (κ3) is 4.45. The van der Waals surface area contributed by atoms with Crippen LogP contribution in [0.3, 0.4) is 0 Å². The lowest BCUT2D eigenvalue weighted by Gasteiger charge is -2.29. The summed E-state index contributed by atoms with van der Waals surface area (Å²) < 4.78 is 13.3. The van der Waals surface area contributed by atoms with Crippen molar-refractivity contribution in [3.8, 4) is 5.75 Å². The van der Waals surface area contributed by atoms with E-state index in [1.165, 1.54) is 6.33 Å². The summed E-state index contributed by atoms with van der Waals surface area (Å²) >= 11 is 12.3. The number of para-hydroxylation sites is 1. The van der Waals surface area contributed by atoms with Crippen LogP contribution in [-0.4, -0.2) is 26.8 Å². The molecule has 0 amide bonds. The van der Waals surface area contributed by atoms with Crippen LogP contribution in [0.2, 0.25) is 10.0 Å². The molecule has 0 aliphatic carbocycles. The van der Waals surface area contributed by atoms with E-state index in [1.807, 2.05) is 51.1 Å². The Kier molecular flexibility index (Phi) is 6.39. The number of fused-ring (bicyclic) bond motifs is 1. The molecular weight excluding hydrogens is 451 g/mol. The quantitative estimate of drug-likeness (QED) is 0.483. The van der Waals surface area contributed by atoms with Crippen LogP contribution in [0.1, 0.15) is 37.9 Å². The first kappa shape index (κ1) is 22.2. The largest absolute Gasteiger partial charge is 0.488 e. The molecule has 1 aliphatic heterocycles. The molecule has 1 atom stereocenters. The highest BCUT2D eigenvalue weighted by molar-refractivity contribution is 6.35. The fraction of sp³-hybridized carbons (Fsp3) is 0.261. The van der Waals surface area contributed by atoms with Crippen LogP contribution in [0.4, 0.5) is 5.95 Å². The number of allylic oxidation sites excluding steroid dienone is 1. The first-order valence-electron chi connectivity index (χ1n) is 10.1. The van der Waals surface area contributed by atoms with Crippen molar-refractivity contribution in [2.75, 3.05) is 5.32 Å². The zero-order valence-corrected chi connectivity index (χ0v) is 19.3. The van der Waals surface area contributed by atoms with Gasteiger partial charge in [-0.05, 0) is 39.0 Å². The normalized spacial score (nSPS) is 15.4. The Bertz CT molecular complexity index is 1190. The maximum Gasteiger partial charge on any atom is 0.338 e. The van der Waals surface area contributed by atoms with Gasteiger partial charge in [0.15, 0.2) is 0 Å². The van der Waals surface area contributed by atoms with E-state index in [4.69, 9.17) is 32.7 Å². The third-order valence-corrected chi connectivity index (χ3v) is 5.56. The lowest BCUT2D eigenvalue weighted by Crippen LogP contribution is -2.30. The molecule has 0 fully saturated rings. The molecule has 1 N–H and O–H groups in total. The summed E-state index contributed by atoms with van der Waals surface area (Å²) in [5.41, 5.74) is 2.64. The van der Waals surface area contributed by atoms with Gasteiger partial charge in [-0.3, -0.25) is 0 Å². The predicted octanol–water partition coefficient (Wildman–Crippen LogP) is 5.40. The molecule has 166 valence electrons. The number of hydrogen-bond donors (Lipinski definition) is 1. The molecule has 2 aromatic carbocycles. The second-order valence-electron chi connectivity index (χ2n) is 7.61. The van der Waals surface area contributed by atoms with Gasteiger partial charge < -0.3 is 14.8 Å². The van der Waals surface area contributed by atoms with Gasteiger partial charge in [-0.15, -0.1) is 0 Å². The highest BCUT2D eigenvalue weighted by Gasteiger charge is 2.36. The van der Waals surface area contributed by atoms with Gasteiger partial charge in [0.25, 0.3) is 0 Å². The highest BCUT2D eigenvalue weighted by Crippen LogP contribution is 2.39. The van der Waals surface area contributed by atoms with Gasteiger partial charge in [-0.2, -0.15) is 10.1 Å². The number of halogens is 2. The maximum atomic E-state index is 13.0. The van der Waals surface area contributed by atoms with Crippen LogP contribution in [0.15, 0.2) is 60.1 Å². The van der Waals surface area contributed by atoms with Crippen LogP contribution in [0.25, 0.3) is 0 Å².